The van der Waals surface area contributed by atoms with Gasteiger partial charge in [0.05, 0.1) is 19.1 Å². The normalized spacial score (nSPS) is 11.9. The number of nitrogens with one attached hydrogen (secondary N) is 1. The molecule has 1 unspecified atom stereocenters. The summed E-state index contributed by atoms with van der Waals surface area (Å²) in [6, 6.07) is 8.55. The molecule has 4 nitrogen and oxygen atoms in total. The summed E-state index contributed by atoms with van der Waals surface area (Å²) in [5.41, 5.74) is 0.620. The van der Waals surface area contributed by atoms with Crippen LogP contribution in [0.3, 0.4) is 0 Å². The van der Waals surface area contributed by atoms with E-state index in [4.69, 9.17) is 4.74 Å². The Bertz CT molecular complexity index is 431. The number of esters is 1. The Morgan fingerprint density at radius 2 is 1.86 bits per heavy atom. The zero-order valence-corrected chi connectivity index (χ0v) is 12.9. The van der Waals surface area contributed by atoms with Crippen molar-refractivity contribution in [2.75, 3.05) is 13.2 Å². The van der Waals surface area contributed by atoms with Crippen LogP contribution in [0.4, 0.5) is 0 Å². The number of unbranched alkanes of at least 4 members (excludes halogenated alkanes) is 2. The first-order valence-electron chi connectivity index (χ1n) is 7.67. The highest BCUT2D eigenvalue weighted by atomic mass is 16.5. The molecule has 0 saturated carbocycles. The summed E-state index contributed by atoms with van der Waals surface area (Å²) in [6.45, 7) is 4.96. The third kappa shape index (κ3) is 6.54. The second kappa shape index (κ2) is 10.1. The first-order valence-corrected chi connectivity index (χ1v) is 7.67. The fourth-order valence-electron chi connectivity index (χ4n) is 2.10. The number of hydrogen-bond acceptors (Lipinski definition) is 4. The molecule has 0 aliphatic carbocycles. The number of ether oxygens (including phenoxy) is 1. The zero-order chi connectivity index (χ0) is 15.5. The van der Waals surface area contributed by atoms with Gasteiger partial charge in [-0.3, -0.25) is 9.59 Å². The van der Waals surface area contributed by atoms with Crippen molar-refractivity contribution in [2.45, 2.75) is 45.6 Å². The smallest absolute Gasteiger partial charge is 0.307 e. The Hall–Kier alpha value is -1.68. The van der Waals surface area contributed by atoms with E-state index in [1.807, 2.05) is 18.2 Å². The molecule has 0 radical (unpaired) electrons. The minimum absolute atomic E-state index is 0.0554. The molecule has 1 aromatic carbocycles. The van der Waals surface area contributed by atoms with Gasteiger partial charge in [-0.1, -0.05) is 50.1 Å². The molecule has 0 fully saturated rings. The summed E-state index contributed by atoms with van der Waals surface area (Å²) in [5, 5.41) is 3.19. The summed E-state index contributed by atoms with van der Waals surface area (Å²) in [7, 11) is 0. The molecule has 0 aliphatic rings. The lowest BCUT2D eigenvalue weighted by atomic mass is 10.0. The third-order valence-corrected chi connectivity index (χ3v) is 3.22. The largest absolute Gasteiger partial charge is 0.466 e. The second-order valence-corrected chi connectivity index (χ2v) is 4.95. The quantitative estimate of drug-likeness (QED) is 0.409. The summed E-state index contributed by atoms with van der Waals surface area (Å²) >= 11 is 0. The Labute approximate surface area is 126 Å². The molecule has 1 atom stereocenters. The van der Waals surface area contributed by atoms with Gasteiger partial charge in [0.25, 0.3) is 0 Å². The topological polar surface area (TPSA) is 55.4 Å². The Kier molecular flexibility index (Phi) is 8.36. The van der Waals surface area contributed by atoms with Gasteiger partial charge in [-0.15, -0.1) is 0 Å². The van der Waals surface area contributed by atoms with E-state index >= 15 is 0 Å². The molecule has 0 saturated heterocycles. The van der Waals surface area contributed by atoms with E-state index < -0.39 is 6.04 Å². The summed E-state index contributed by atoms with van der Waals surface area (Å²) < 4.78 is 4.95. The minimum atomic E-state index is -0.511. The van der Waals surface area contributed by atoms with Crippen LogP contribution < -0.4 is 5.32 Å². The standard InChI is InChI=1S/C17H25NO3/c1-3-5-9-12-18-15(13-16(19)21-4-2)17(20)14-10-7-6-8-11-14/h6-8,10-11,15,18H,3-5,9,12-13H2,1-2H3. The van der Waals surface area contributed by atoms with Crippen molar-refractivity contribution in [1.29, 1.82) is 0 Å². The van der Waals surface area contributed by atoms with E-state index in [9.17, 15) is 9.59 Å². The predicted octanol–water partition coefficient (Wildman–Crippen LogP) is 2.97. The van der Waals surface area contributed by atoms with Gasteiger partial charge in [-0.25, -0.2) is 0 Å². The number of Topliss-reactive ketones (excluding diaryl/α,β-unsaturated/α-hetero) is 1. The number of carbonyl (C=O) groups is 2. The van der Waals surface area contributed by atoms with Gasteiger partial charge in [0.15, 0.2) is 5.78 Å². The van der Waals surface area contributed by atoms with Crippen molar-refractivity contribution in [3.05, 3.63) is 35.9 Å². The molecular formula is C17H25NO3. The number of ketones is 1. The molecule has 1 rings (SSSR count). The van der Waals surface area contributed by atoms with Crippen LogP contribution in [0.15, 0.2) is 30.3 Å². The molecular weight excluding hydrogens is 266 g/mol. The maximum absolute atomic E-state index is 12.5. The van der Waals surface area contributed by atoms with Crippen molar-refractivity contribution >= 4 is 11.8 Å². The van der Waals surface area contributed by atoms with Crippen molar-refractivity contribution in [1.82, 2.24) is 5.32 Å². The first kappa shape index (κ1) is 17.4. The molecule has 0 bridgehead atoms. The number of hydrogen-bond donors (Lipinski definition) is 1. The van der Waals surface area contributed by atoms with Crippen LogP contribution in [0.5, 0.6) is 0 Å². The van der Waals surface area contributed by atoms with Crippen LogP contribution in [0, 0.1) is 0 Å². The molecule has 0 aromatic heterocycles. The van der Waals surface area contributed by atoms with E-state index in [2.05, 4.69) is 12.2 Å². The molecule has 0 aliphatic heterocycles. The van der Waals surface area contributed by atoms with Crippen LogP contribution in [0.2, 0.25) is 0 Å². The fraction of sp³-hybridized carbons (Fsp3) is 0.529. The van der Waals surface area contributed by atoms with Crippen LogP contribution in [0.1, 0.15) is 49.9 Å². The van der Waals surface area contributed by atoms with Gasteiger partial charge in [-0.05, 0) is 19.9 Å². The average molecular weight is 291 g/mol. The Morgan fingerprint density at radius 1 is 1.14 bits per heavy atom. The van der Waals surface area contributed by atoms with Crippen LogP contribution in [0.25, 0.3) is 0 Å². The lowest BCUT2D eigenvalue weighted by molar-refractivity contribution is -0.143. The van der Waals surface area contributed by atoms with Crippen LogP contribution in [-0.2, 0) is 9.53 Å². The molecule has 116 valence electrons. The molecule has 21 heavy (non-hydrogen) atoms. The van der Waals surface area contributed by atoms with Gasteiger partial charge in [-0.2, -0.15) is 0 Å². The molecule has 4 heteroatoms. The first-order chi connectivity index (χ1) is 10.2. The monoisotopic (exact) mass is 291 g/mol. The van der Waals surface area contributed by atoms with Crippen molar-refractivity contribution in [3.8, 4) is 0 Å². The minimum Gasteiger partial charge on any atom is -0.466 e. The van der Waals surface area contributed by atoms with Gasteiger partial charge < -0.3 is 10.1 Å². The van der Waals surface area contributed by atoms with Crippen molar-refractivity contribution in [3.63, 3.8) is 0 Å². The summed E-state index contributed by atoms with van der Waals surface area (Å²) in [5.74, 6) is -0.394. The van der Waals surface area contributed by atoms with Crippen molar-refractivity contribution in [2.24, 2.45) is 0 Å². The highest BCUT2D eigenvalue weighted by Crippen LogP contribution is 2.08. The second-order valence-electron chi connectivity index (χ2n) is 4.95. The highest BCUT2D eigenvalue weighted by molar-refractivity contribution is 6.01. The predicted molar refractivity (Wildman–Crippen MR) is 83.3 cm³/mol. The summed E-state index contributed by atoms with van der Waals surface area (Å²) in [4.78, 5) is 24.1. The Balaban J connectivity index is 2.66. The van der Waals surface area contributed by atoms with Crippen LogP contribution in [-0.4, -0.2) is 30.9 Å². The van der Waals surface area contributed by atoms with Gasteiger partial charge in [0, 0.05) is 5.56 Å². The van der Waals surface area contributed by atoms with Gasteiger partial charge in [0.1, 0.15) is 0 Å². The third-order valence-electron chi connectivity index (χ3n) is 3.22. The van der Waals surface area contributed by atoms with E-state index in [1.54, 1.807) is 19.1 Å². The lowest BCUT2D eigenvalue weighted by Gasteiger charge is -2.17. The van der Waals surface area contributed by atoms with Crippen molar-refractivity contribution < 1.29 is 14.3 Å². The molecule has 0 spiro atoms. The number of rotatable bonds is 10. The van der Waals surface area contributed by atoms with E-state index in [0.29, 0.717) is 12.2 Å². The maximum atomic E-state index is 12.5. The van der Waals surface area contributed by atoms with E-state index in [1.165, 1.54) is 0 Å². The number of benzene rings is 1. The molecule has 1 aromatic rings. The fourth-order valence-corrected chi connectivity index (χ4v) is 2.10. The molecule has 0 amide bonds. The van der Waals surface area contributed by atoms with Gasteiger partial charge >= 0.3 is 5.97 Å². The molecule has 1 N–H and O–H groups in total. The number of carbonyl (C=O) groups excluding carboxylic acids is 2. The average Bonchev–Trinajstić information content (AvgIpc) is 2.51. The zero-order valence-electron chi connectivity index (χ0n) is 12.9. The lowest BCUT2D eigenvalue weighted by Crippen LogP contribution is -2.39. The molecule has 0 heterocycles. The van der Waals surface area contributed by atoms with E-state index in [0.717, 1.165) is 25.8 Å². The van der Waals surface area contributed by atoms with Gasteiger partial charge in [0.2, 0.25) is 0 Å². The summed E-state index contributed by atoms with van der Waals surface area (Å²) in [6.07, 6.45) is 3.31. The highest BCUT2D eigenvalue weighted by Gasteiger charge is 2.23. The maximum Gasteiger partial charge on any atom is 0.307 e. The van der Waals surface area contributed by atoms with E-state index in [-0.39, 0.29) is 18.2 Å². The SMILES string of the molecule is CCCCCNC(CC(=O)OCC)C(=O)c1ccccc1. The Morgan fingerprint density at radius 3 is 2.48 bits per heavy atom. The van der Waals surface area contributed by atoms with Crippen LogP contribution >= 0.6 is 0 Å².